The Morgan fingerprint density at radius 2 is 1.78 bits per heavy atom. The SMILES string of the molecule is O=S(=O)(c1ccccc1Oc1ccccc1)N(c1csnn1)c1ccn[nH]1. The highest BCUT2D eigenvalue weighted by Gasteiger charge is 2.32. The van der Waals surface area contributed by atoms with Gasteiger partial charge in [0.25, 0.3) is 10.0 Å². The van der Waals surface area contributed by atoms with Gasteiger partial charge in [-0.25, -0.2) is 8.42 Å². The van der Waals surface area contributed by atoms with E-state index in [1.165, 1.54) is 18.3 Å². The van der Waals surface area contributed by atoms with E-state index in [0.717, 1.165) is 15.8 Å². The van der Waals surface area contributed by atoms with E-state index < -0.39 is 10.0 Å². The number of hydrogen-bond acceptors (Lipinski definition) is 7. The summed E-state index contributed by atoms with van der Waals surface area (Å²) in [7, 11) is -4.06. The van der Waals surface area contributed by atoms with Crippen LogP contribution in [-0.2, 0) is 10.0 Å². The van der Waals surface area contributed by atoms with Gasteiger partial charge in [0.05, 0.1) is 11.6 Å². The number of nitrogens with one attached hydrogen (secondary N) is 1. The summed E-state index contributed by atoms with van der Waals surface area (Å²) in [6.45, 7) is 0. The molecule has 0 aliphatic rings. The molecule has 2 aromatic carbocycles. The van der Waals surface area contributed by atoms with Gasteiger partial charge in [0.2, 0.25) is 0 Å². The maximum absolute atomic E-state index is 13.5. The highest BCUT2D eigenvalue weighted by atomic mass is 32.2. The van der Waals surface area contributed by atoms with Gasteiger partial charge in [0.1, 0.15) is 22.2 Å². The van der Waals surface area contributed by atoms with Crippen LogP contribution in [-0.4, -0.2) is 28.2 Å². The highest BCUT2D eigenvalue weighted by molar-refractivity contribution is 7.93. The first-order valence-corrected chi connectivity index (χ1v) is 10.1. The van der Waals surface area contributed by atoms with Crippen LogP contribution in [0.15, 0.2) is 77.1 Å². The first kappa shape index (κ1) is 17.2. The van der Waals surface area contributed by atoms with Gasteiger partial charge < -0.3 is 4.74 Å². The van der Waals surface area contributed by atoms with E-state index in [4.69, 9.17) is 4.74 Å². The molecule has 0 amide bonds. The Labute approximate surface area is 159 Å². The third-order valence-corrected chi connectivity index (χ3v) is 5.85. The van der Waals surface area contributed by atoms with Crippen molar-refractivity contribution < 1.29 is 13.2 Å². The summed E-state index contributed by atoms with van der Waals surface area (Å²) in [5, 5.41) is 12.0. The molecule has 0 bridgehead atoms. The molecule has 0 fully saturated rings. The van der Waals surface area contributed by atoms with E-state index in [1.807, 2.05) is 18.2 Å². The molecular weight excluding hydrogens is 386 g/mol. The third kappa shape index (κ3) is 3.39. The summed E-state index contributed by atoms with van der Waals surface area (Å²) in [6.07, 6.45) is 1.46. The zero-order valence-electron chi connectivity index (χ0n) is 13.8. The smallest absolute Gasteiger partial charge is 0.274 e. The number of anilines is 2. The predicted octanol–water partition coefficient (Wildman–Crippen LogP) is 3.58. The normalized spacial score (nSPS) is 11.3. The highest BCUT2D eigenvalue weighted by Crippen LogP contribution is 2.35. The second kappa shape index (κ2) is 7.17. The average Bonchev–Trinajstić information content (AvgIpc) is 3.38. The maximum Gasteiger partial charge on any atom is 0.274 e. The number of para-hydroxylation sites is 2. The van der Waals surface area contributed by atoms with Gasteiger partial charge in [-0.2, -0.15) is 9.40 Å². The van der Waals surface area contributed by atoms with Crippen molar-refractivity contribution in [3.8, 4) is 11.5 Å². The van der Waals surface area contributed by atoms with Crippen LogP contribution in [0, 0.1) is 0 Å². The van der Waals surface area contributed by atoms with E-state index >= 15 is 0 Å². The van der Waals surface area contributed by atoms with Crippen LogP contribution in [0.3, 0.4) is 0 Å². The zero-order valence-corrected chi connectivity index (χ0v) is 15.4. The van der Waals surface area contributed by atoms with Crippen LogP contribution in [0.2, 0.25) is 0 Å². The quantitative estimate of drug-likeness (QED) is 0.532. The van der Waals surface area contributed by atoms with Gasteiger partial charge >= 0.3 is 0 Å². The first-order valence-electron chi connectivity index (χ1n) is 7.80. The summed E-state index contributed by atoms with van der Waals surface area (Å²) < 4.78 is 37.6. The van der Waals surface area contributed by atoms with Gasteiger partial charge in [-0.3, -0.25) is 5.10 Å². The van der Waals surface area contributed by atoms with Crippen molar-refractivity contribution in [2.45, 2.75) is 4.90 Å². The summed E-state index contributed by atoms with van der Waals surface area (Å²) in [5.41, 5.74) is 0. The molecule has 4 rings (SSSR count). The minimum absolute atomic E-state index is 0.00328. The number of benzene rings is 2. The molecule has 0 atom stereocenters. The fraction of sp³-hybridized carbons (Fsp3) is 0. The number of sulfonamides is 1. The number of ether oxygens (including phenoxy) is 1. The van der Waals surface area contributed by atoms with Gasteiger partial charge in [0.15, 0.2) is 5.82 Å². The molecule has 0 saturated heterocycles. The van der Waals surface area contributed by atoms with Gasteiger partial charge in [0, 0.05) is 6.07 Å². The Bertz CT molecular complexity index is 1080. The number of hydrogen-bond donors (Lipinski definition) is 1. The Hall–Kier alpha value is -3.24. The molecule has 0 aliphatic heterocycles. The summed E-state index contributed by atoms with van der Waals surface area (Å²) in [4.78, 5) is -0.00328. The molecule has 1 N–H and O–H groups in total. The first-order chi connectivity index (χ1) is 13.2. The maximum atomic E-state index is 13.5. The molecule has 0 aliphatic carbocycles. The lowest BCUT2D eigenvalue weighted by Gasteiger charge is -2.21. The molecule has 4 aromatic rings. The number of H-pyrrole nitrogens is 1. The minimum atomic E-state index is -4.06. The molecule has 10 heteroatoms. The number of nitrogens with zero attached hydrogens (tertiary/aromatic N) is 4. The van der Waals surface area contributed by atoms with Gasteiger partial charge in [-0.15, -0.1) is 5.10 Å². The number of aromatic nitrogens is 4. The second-order valence-corrected chi connectivity index (χ2v) is 7.70. The van der Waals surface area contributed by atoms with Crippen molar-refractivity contribution in [1.82, 2.24) is 19.8 Å². The largest absolute Gasteiger partial charge is 0.456 e. The predicted molar refractivity (Wildman–Crippen MR) is 101 cm³/mol. The average molecular weight is 399 g/mol. The number of rotatable bonds is 6. The van der Waals surface area contributed by atoms with Crippen molar-refractivity contribution in [2.75, 3.05) is 4.31 Å². The van der Waals surface area contributed by atoms with Crippen molar-refractivity contribution in [3.05, 3.63) is 72.2 Å². The zero-order chi connectivity index (χ0) is 18.7. The third-order valence-electron chi connectivity index (χ3n) is 3.60. The Morgan fingerprint density at radius 1 is 1.00 bits per heavy atom. The van der Waals surface area contributed by atoms with Crippen molar-refractivity contribution in [1.29, 1.82) is 0 Å². The topological polar surface area (TPSA) is 101 Å². The molecule has 0 unspecified atom stereocenters. The van der Waals surface area contributed by atoms with Crippen LogP contribution in [0.5, 0.6) is 11.5 Å². The van der Waals surface area contributed by atoms with Gasteiger partial charge in [-0.1, -0.05) is 34.8 Å². The van der Waals surface area contributed by atoms with Gasteiger partial charge in [-0.05, 0) is 35.8 Å². The molecular formula is C17H13N5O3S2. The lowest BCUT2D eigenvalue weighted by molar-refractivity contribution is 0.467. The molecule has 0 saturated carbocycles. The van der Waals surface area contributed by atoms with Crippen molar-refractivity contribution >= 4 is 33.2 Å². The lowest BCUT2D eigenvalue weighted by atomic mass is 10.3. The van der Waals surface area contributed by atoms with Crippen LogP contribution >= 0.6 is 11.5 Å². The standard InChI is InChI=1S/C17H13N5O3S2/c23-27(24,22(16-10-11-18-19-16)17-12-26-21-20-17)15-9-5-4-8-14(15)25-13-6-2-1-3-7-13/h1-12H,(H,18,19). The summed E-state index contributed by atoms with van der Waals surface area (Å²) in [5.74, 6) is 1.15. The van der Waals surface area contributed by atoms with Crippen LogP contribution in [0.1, 0.15) is 0 Å². The monoisotopic (exact) mass is 399 g/mol. The number of aromatic amines is 1. The summed E-state index contributed by atoms with van der Waals surface area (Å²) >= 11 is 1.05. The Balaban J connectivity index is 1.82. The fourth-order valence-corrected chi connectivity index (χ4v) is 4.45. The van der Waals surface area contributed by atoms with Crippen LogP contribution in [0.4, 0.5) is 11.6 Å². The molecule has 2 heterocycles. The van der Waals surface area contributed by atoms with E-state index in [0.29, 0.717) is 5.75 Å². The van der Waals surface area contributed by atoms with Crippen LogP contribution < -0.4 is 9.04 Å². The molecule has 0 radical (unpaired) electrons. The molecule has 2 aromatic heterocycles. The Morgan fingerprint density at radius 3 is 2.48 bits per heavy atom. The Kier molecular flexibility index (Phi) is 4.57. The molecule has 27 heavy (non-hydrogen) atoms. The second-order valence-electron chi connectivity index (χ2n) is 5.34. The van der Waals surface area contributed by atoms with E-state index in [-0.39, 0.29) is 22.3 Å². The van der Waals surface area contributed by atoms with Crippen molar-refractivity contribution in [3.63, 3.8) is 0 Å². The molecule has 0 spiro atoms. The van der Waals surface area contributed by atoms with Crippen LogP contribution in [0.25, 0.3) is 0 Å². The van der Waals surface area contributed by atoms with E-state index in [9.17, 15) is 8.42 Å². The molecule has 8 nitrogen and oxygen atoms in total. The van der Waals surface area contributed by atoms with E-state index in [1.54, 1.807) is 35.7 Å². The molecule has 136 valence electrons. The van der Waals surface area contributed by atoms with Crippen molar-refractivity contribution in [2.24, 2.45) is 0 Å². The fourth-order valence-electron chi connectivity index (χ4n) is 2.45. The van der Waals surface area contributed by atoms with E-state index in [2.05, 4.69) is 19.8 Å². The minimum Gasteiger partial charge on any atom is -0.456 e. The lowest BCUT2D eigenvalue weighted by Crippen LogP contribution is -2.27. The summed E-state index contributed by atoms with van der Waals surface area (Å²) in [6, 6.07) is 16.9.